The van der Waals surface area contributed by atoms with Crippen LogP contribution in [0.4, 0.5) is 5.69 Å². The van der Waals surface area contributed by atoms with Crippen LogP contribution in [-0.4, -0.2) is 30.5 Å². The highest BCUT2D eigenvalue weighted by molar-refractivity contribution is 6.51. The standard InChI is InChI=1S/C28H27NO5/c1-5-34-23-13-12-20(15-18(23)3)26(30)24-25(19-9-6-8-17(2)14-19)29(28(32)27(24)31)21-10-7-11-22(16-21)33-4/h6-16,25,30H,5H2,1-4H3/b26-24+. The largest absolute Gasteiger partial charge is 0.507 e. The van der Waals surface area contributed by atoms with Crippen molar-refractivity contribution < 1.29 is 24.2 Å². The number of Topliss-reactive ketones (excluding diaryl/α,β-unsaturated/α-hetero) is 1. The van der Waals surface area contributed by atoms with Crippen molar-refractivity contribution in [1.29, 1.82) is 0 Å². The van der Waals surface area contributed by atoms with E-state index in [1.165, 1.54) is 4.90 Å². The minimum absolute atomic E-state index is 0.0435. The Morgan fingerprint density at radius 2 is 1.76 bits per heavy atom. The molecule has 0 bridgehead atoms. The Labute approximate surface area is 199 Å². The van der Waals surface area contributed by atoms with Crippen LogP contribution < -0.4 is 14.4 Å². The van der Waals surface area contributed by atoms with Gasteiger partial charge in [-0.05, 0) is 62.2 Å². The number of hydrogen-bond donors (Lipinski definition) is 1. The van der Waals surface area contributed by atoms with Gasteiger partial charge in [0.1, 0.15) is 17.3 Å². The molecule has 0 aromatic heterocycles. The van der Waals surface area contributed by atoms with E-state index in [2.05, 4.69) is 0 Å². The second kappa shape index (κ2) is 9.43. The number of hydrogen-bond acceptors (Lipinski definition) is 5. The number of aliphatic hydroxyl groups excluding tert-OH is 1. The van der Waals surface area contributed by atoms with Crippen LogP contribution in [0.3, 0.4) is 0 Å². The number of ether oxygens (including phenoxy) is 2. The number of aliphatic hydroxyl groups is 1. The molecule has 1 heterocycles. The second-order valence-electron chi connectivity index (χ2n) is 8.20. The lowest BCUT2D eigenvalue weighted by molar-refractivity contribution is -0.132. The zero-order valence-corrected chi connectivity index (χ0v) is 19.7. The van der Waals surface area contributed by atoms with E-state index in [4.69, 9.17) is 9.47 Å². The van der Waals surface area contributed by atoms with Crippen LogP contribution in [0, 0.1) is 13.8 Å². The number of aryl methyl sites for hydroxylation is 2. The second-order valence-corrected chi connectivity index (χ2v) is 8.20. The van der Waals surface area contributed by atoms with Gasteiger partial charge in [0.15, 0.2) is 0 Å². The third kappa shape index (κ3) is 4.15. The van der Waals surface area contributed by atoms with E-state index in [0.29, 0.717) is 29.4 Å². The summed E-state index contributed by atoms with van der Waals surface area (Å²) >= 11 is 0. The van der Waals surface area contributed by atoms with E-state index in [1.54, 1.807) is 49.6 Å². The van der Waals surface area contributed by atoms with Crippen molar-refractivity contribution in [3.8, 4) is 11.5 Å². The molecule has 1 unspecified atom stereocenters. The molecule has 0 aliphatic carbocycles. The van der Waals surface area contributed by atoms with Gasteiger partial charge in [0, 0.05) is 17.3 Å². The summed E-state index contributed by atoms with van der Waals surface area (Å²) in [5, 5.41) is 11.3. The third-order valence-corrected chi connectivity index (χ3v) is 5.88. The maximum Gasteiger partial charge on any atom is 0.300 e. The summed E-state index contributed by atoms with van der Waals surface area (Å²) < 4.78 is 10.9. The van der Waals surface area contributed by atoms with Crippen molar-refractivity contribution in [2.75, 3.05) is 18.6 Å². The van der Waals surface area contributed by atoms with Gasteiger partial charge in [-0.25, -0.2) is 0 Å². The molecule has 3 aromatic carbocycles. The maximum atomic E-state index is 13.3. The molecule has 0 radical (unpaired) electrons. The molecule has 1 atom stereocenters. The van der Waals surface area contributed by atoms with Crippen LogP contribution >= 0.6 is 0 Å². The fraction of sp³-hybridized carbons (Fsp3) is 0.214. The first-order valence-corrected chi connectivity index (χ1v) is 11.1. The smallest absolute Gasteiger partial charge is 0.300 e. The van der Waals surface area contributed by atoms with Gasteiger partial charge < -0.3 is 14.6 Å². The Bertz CT molecular complexity index is 1290. The molecule has 1 aliphatic heterocycles. The van der Waals surface area contributed by atoms with E-state index < -0.39 is 17.7 Å². The van der Waals surface area contributed by atoms with Crippen LogP contribution in [0.15, 0.2) is 72.3 Å². The monoisotopic (exact) mass is 457 g/mol. The van der Waals surface area contributed by atoms with Gasteiger partial charge in [-0.1, -0.05) is 35.9 Å². The summed E-state index contributed by atoms with van der Waals surface area (Å²) in [4.78, 5) is 28.0. The van der Waals surface area contributed by atoms with Crippen LogP contribution in [0.1, 0.15) is 35.2 Å². The van der Waals surface area contributed by atoms with Crippen molar-refractivity contribution >= 4 is 23.1 Å². The Balaban J connectivity index is 1.92. The van der Waals surface area contributed by atoms with Gasteiger partial charge in [-0.2, -0.15) is 0 Å². The summed E-state index contributed by atoms with van der Waals surface area (Å²) in [6.45, 7) is 6.23. The van der Waals surface area contributed by atoms with Crippen LogP contribution in [0.5, 0.6) is 11.5 Å². The number of anilines is 1. The van der Waals surface area contributed by atoms with Crippen LogP contribution in [0.2, 0.25) is 0 Å². The minimum Gasteiger partial charge on any atom is -0.507 e. The number of nitrogens with zero attached hydrogens (tertiary/aromatic N) is 1. The average molecular weight is 458 g/mol. The van der Waals surface area contributed by atoms with Gasteiger partial charge in [0.2, 0.25) is 0 Å². The number of rotatable bonds is 6. The van der Waals surface area contributed by atoms with Crippen molar-refractivity contribution in [3.05, 3.63) is 94.6 Å². The SMILES string of the molecule is CCOc1ccc(/C(O)=C2\C(=O)C(=O)N(c3cccc(OC)c3)C2c2cccc(C)c2)cc1C. The van der Waals surface area contributed by atoms with Crippen molar-refractivity contribution in [3.63, 3.8) is 0 Å². The molecular formula is C28H27NO5. The average Bonchev–Trinajstić information content (AvgIpc) is 3.10. The molecule has 6 nitrogen and oxygen atoms in total. The maximum absolute atomic E-state index is 13.3. The van der Waals surface area contributed by atoms with Crippen LogP contribution in [-0.2, 0) is 9.59 Å². The summed E-state index contributed by atoms with van der Waals surface area (Å²) in [5.74, 6) is -0.403. The summed E-state index contributed by atoms with van der Waals surface area (Å²) in [6, 6.07) is 19.0. The Hall–Kier alpha value is -4.06. The predicted octanol–water partition coefficient (Wildman–Crippen LogP) is 5.34. The highest BCUT2D eigenvalue weighted by Gasteiger charge is 2.47. The van der Waals surface area contributed by atoms with Gasteiger partial charge in [-0.3, -0.25) is 14.5 Å². The van der Waals surface area contributed by atoms with Gasteiger partial charge in [0.05, 0.1) is 25.3 Å². The van der Waals surface area contributed by atoms with Gasteiger partial charge in [-0.15, -0.1) is 0 Å². The first-order chi connectivity index (χ1) is 16.3. The third-order valence-electron chi connectivity index (χ3n) is 5.88. The molecule has 1 saturated heterocycles. The normalized spacial score (nSPS) is 17.2. The van der Waals surface area contributed by atoms with E-state index in [9.17, 15) is 14.7 Å². The van der Waals surface area contributed by atoms with E-state index in [0.717, 1.165) is 16.7 Å². The van der Waals surface area contributed by atoms with Crippen molar-refractivity contribution in [2.24, 2.45) is 0 Å². The summed E-state index contributed by atoms with van der Waals surface area (Å²) in [5.41, 5.74) is 3.52. The topological polar surface area (TPSA) is 76.1 Å². The first kappa shape index (κ1) is 23.1. The predicted molar refractivity (Wildman–Crippen MR) is 131 cm³/mol. The molecule has 3 aromatic rings. The zero-order chi connectivity index (χ0) is 24.4. The van der Waals surface area contributed by atoms with Gasteiger partial charge >= 0.3 is 0 Å². The van der Waals surface area contributed by atoms with Crippen LogP contribution in [0.25, 0.3) is 5.76 Å². The molecule has 4 rings (SSSR count). The molecule has 1 fully saturated rings. The Morgan fingerprint density at radius 1 is 1.00 bits per heavy atom. The zero-order valence-electron chi connectivity index (χ0n) is 19.7. The Morgan fingerprint density at radius 3 is 2.44 bits per heavy atom. The van der Waals surface area contributed by atoms with E-state index in [1.807, 2.05) is 45.0 Å². The number of carbonyl (C=O) groups is 2. The number of amides is 1. The lowest BCUT2D eigenvalue weighted by Gasteiger charge is -2.26. The minimum atomic E-state index is -0.793. The molecule has 1 N–H and O–H groups in total. The summed E-state index contributed by atoms with van der Waals surface area (Å²) in [6.07, 6.45) is 0. The molecule has 0 saturated carbocycles. The first-order valence-electron chi connectivity index (χ1n) is 11.1. The highest BCUT2D eigenvalue weighted by Crippen LogP contribution is 2.43. The van der Waals surface area contributed by atoms with E-state index >= 15 is 0 Å². The quantitative estimate of drug-likeness (QED) is 0.307. The Kier molecular flexibility index (Phi) is 6.41. The number of benzene rings is 3. The van der Waals surface area contributed by atoms with E-state index in [-0.39, 0.29) is 11.3 Å². The molecule has 6 heteroatoms. The molecule has 1 amide bonds. The lowest BCUT2D eigenvalue weighted by atomic mass is 9.94. The number of ketones is 1. The molecule has 34 heavy (non-hydrogen) atoms. The molecule has 1 aliphatic rings. The molecular weight excluding hydrogens is 430 g/mol. The lowest BCUT2D eigenvalue weighted by Crippen LogP contribution is -2.29. The number of methoxy groups -OCH3 is 1. The molecule has 0 spiro atoms. The number of carbonyl (C=O) groups excluding carboxylic acids is 2. The fourth-order valence-electron chi connectivity index (χ4n) is 4.28. The highest BCUT2D eigenvalue weighted by atomic mass is 16.5. The summed E-state index contributed by atoms with van der Waals surface area (Å²) in [7, 11) is 1.54. The van der Waals surface area contributed by atoms with Crippen molar-refractivity contribution in [1.82, 2.24) is 0 Å². The van der Waals surface area contributed by atoms with Crippen molar-refractivity contribution in [2.45, 2.75) is 26.8 Å². The fourth-order valence-corrected chi connectivity index (χ4v) is 4.28. The molecule has 174 valence electrons. The van der Waals surface area contributed by atoms with Gasteiger partial charge in [0.25, 0.3) is 11.7 Å².